The minimum Gasteiger partial charge on any atom is -0.454 e. The first-order valence-electron chi connectivity index (χ1n) is 41.7. The van der Waals surface area contributed by atoms with Gasteiger partial charge in [-0.25, -0.2) is 19.2 Å². The second-order valence-electron chi connectivity index (χ2n) is 34.5. The van der Waals surface area contributed by atoms with Crippen LogP contribution in [-0.4, -0.2) is 123 Å². The normalized spacial score (nSPS) is 12.6. The first-order chi connectivity index (χ1) is 59.3. The molecule has 8 aromatic rings. The molecule has 28 nitrogen and oxygen atoms in total. The zero-order valence-electron chi connectivity index (χ0n) is 78.0. The third kappa shape index (κ3) is 32.7. The molecule has 29 heteroatoms. The van der Waals surface area contributed by atoms with Crippen molar-refractivity contribution < 1.29 is 76.0 Å². The third-order valence-electron chi connectivity index (χ3n) is 19.4. The van der Waals surface area contributed by atoms with Gasteiger partial charge in [0.05, 0.1) is 41.9 Å². The number of hydrogen-bond donors (Lipinski definition) is 0. The van der Waals surface area contributed by atoms with E-state index < -0.39 is 31.4 Å². The van der Waals surface area contributed by atoms with E-state index in [1.807, 2.05) is 184 Å². The van der Waals surface area contributed by atoms with Crippen molar-refractivity contribution in [1.82, 2.24) is 39.1 Å². The summed E-state index contributed by atoms with van der Waals surface area (Å²) in [5.41, 5.74) is 14.2. The van der Waals surface area contributed by atoms with Gasteiger partial charge < -0.3 is 56.8 Å². The van der Waals surface area contributed by atoms with Crippen LogP contribution in [0.5, 0.6) is 0 Å². The lowest BCUT2D eigenvalue weighted by molar-refractivity contribution is -0.0216. The minimum absolute atomic E-state index is 0.00268. The van der Waals surface area contributed by atoms with Crippen molar-refractivity contribution in [3.8, 4) is 24.3 Å². The number of rotatable bonds is 31. The molecule has 0 N–H and O–H groups in total. The molecular weight excluding hydrogens is 1620 g/mol. The Hall–Kier alpha value is -12.8. The molecule has 0 aliphatic heterocycles. The largest absolute Gasteiger partial charge is 0.511 e. The number of allylic oxidation sites excluding steroid dienone is 4. The summed E-state index contributed by atoms with van der Waals surface area (Å²) in [6, 6.07) is 47.3. The molecule has 0 radical (unpaired) electrons. The van der Waals surface area contributed by atoms with Crippen LogP contribution in [0.25, 0.3) is 45.3 Å². The number of ether oxygens (including phenoxy) is 12. The predicted molar refractivity (Wildman–Crippen MR) is 485 cm³/mol. The number of carbonyl (C=O) groups is 4. The summed E-state index contributed by atoms with van der Waals surface area (Å²) in [7, 11) is 7.05. The summed E-state index contributed by atoms with van der Waals surface area (Å²) in [5, 5.41) is 57.2. The summed E-state index contributed by atoms with van der Waals surface area (Å²) in [6.07, 6.45) is -0.260. The first-order valence-corrected chi connectivity index (χ1v) is 42.2. The molecule has 0 fully saturated rings. The molecule has 8 rings (SSSR count). The Bertz CT molecular complexity index is 5220. The molecule has 4 aromatic carbocycles. The maximum atomic E-state index is 11.9. The molecular formula is C97H125ClN12O16. The van der Waals surface area contributed by atoms with Crippen LogP contribution < -0.4 is 0 Å². The van der Waals surface area contributed by atoms with Gasteiger partial charge in [-0.1, -0.05) is 228 Å². The number of hydrogen-bond acceptors (Lipinski definition) is 24. The molecule has 4 heterocycles. The van der Waals surface area contributed by atoms with Gasteiger partial charge in [-0.15, -0.1) is 11.6 Å². The SMILES string of the molecule is CCC(C)COC(=O)OCO/C(=C(/C#N)c1ccc(C(C)(C)C)cc1)c1cc(C)nn1C.CCCC(C)OC(=O)OCO/C(=C(/C#N)c1ccc(C(C)(C)C)cc1)c1cc(C)nn1C.Cc1cc(/C(OCOC(=O)OCCC(C)C)=C(\C#N)c2ccc(C(C)(C)C)cc2)n(C)n1.Cc1cc(/C(OCOC(=O)OCCCl)=C(\C#N)c2ccc(C(C)(C)C)cc2)n(C)n1. The molecule has 0 amide bonds. The van der Waals surface area contributed by atoms with Gasteiger partial charge in [0, 0.05) is 28.2 Å². The minimum atomic E-state index is -0.899. The lowest BCUT2D eigenvalue weighted by Crippen LogP contribution is -2.17. The average molecular weight is 1750 g/mol. The Labute approximate surface area is 748 Å². The number of aromatic nitrogens is 8. The number of alkyl halides is 1. The van der Waals surface area contributed by atoms with Gasteiger partial charge in [-0.05, 0) is 150 Å². The monoisotopic (exact) mass is 1750 g/mol. The lowest BCUT2D eigenvalue weighted by atomic mass is 9.86. The second-order valence-corrected chi connectivity index (χ2v) is 34.9. The van der Waals surface area contributed by atoms with Crippen molar-refractivity contribution in [2.45, 2.75) is 206 Å². The molecule has 4 aromatic heterocycles. The Morgan fingerprint density at radius 3 is 0.841 bits per heavy atom. The molecule has 0 aliphatic carbocycles. The van der Waals surface area contributed by atoms with Gasteiger partial charge >= 0.3 is 24.6 Å². The summed E-state index contributed by atoms with van der Waals surface area (Å²) in [4.78, 5) is 47.2. The average Bonchev–Trinajstić information content (AvgIpc) is 1.58. The Morgan fingerprint density at radius 2 is 0.627 bits per heavy atom. The number of halogens is 1. The molecule has 676 valence electrons. The zero-order chi connectivity index (χ0) is 94.0. The van der Waals surface area contributed by atoms with E-state index in [4.69, 9.17) is 68.4 Å². The molecule has 2 unspecified atom stereocenters. The van der Waals surface area contributed by atoms with Crippen molar-refractivity contribution in [2.75, 3.05) is 52.9 Å². The fourth-order valence-electron chi connectivity index (χ4n) is 12.1. The number of nitrogens with zero attached hydrogens (tertiary/aromatic N) is 12. The quantitative estimate of drug-likeness (QED) is 0.00972. The summed E-state index contributed by atoms with van der Waals surface area (Å²) in [5.74, 6) is 1.95. The molecule has 0 aliphatic rings. The van der Waals surface area contributed by atoms with E-state index in [1.165, 1.54) is 0 Å². The van der Waals surface area contributed by atoms with Crippen LogP contribution in [0.2, 0.25) is 0 Å². The van der Waals surface area contributed by atoms with Gasteiger partial charge in [0.15, 0.2) is 23.0 Å². The van der Waals surface area contributed by atoms with Crippen LogP contribution in [0, 0.1) is 84.9 Å². The third-order valence-corrected chi connectivity index (χ3v) is 19.5. The van der Waals surface area contributed by atoms with Crippen molar-refractivity contribution in [1.29, 1.82) is 21.0 Å². The molecule has 0 bridgehead atoms. The van der Waals surface area contributed by atoms with Crippen molar-refractivity contribution in [2.24, 2.45) is 40.0 Å². The number of carbonyl (C=O) groups excluding carboxylic acids is 4. The van der Waals surface area contributed by atoms with Crippen LogP contribution in [0.1, 0.15) is 240 Å². The highest BCUT2D eigenvalue weighted by Crippen LogP contribution is 2.36. The summed E-state index contributed by atoms with van der Waals surface area (Å²) in [6.45, 7) is 43.9. The Balaban J connectivity index is 0.000000298. The highest BCUT2D eigenvalue weighted by Gasteiger charge is 2.27. The second kappa shape index (κ2) is 49.0. The zero-order valence-corrected chi connectivity index (χ0v) is 78.8. The van der Waals surface area contributed by atoms with Crippen molar-refractivity contribution in [3.63, 3.8) is 0 Å². The Kier molecular flexibility index (Phi) is 40.4. The van der Waals surface area contributed by atoms with Gasteiger partial charge in [0.2, 0.25) is 27.2 Å². The van der Waals surface area contributed by atoms with E-state index in [-0.39, 0.29) is 103 Å². The van der Waals surface area contributed by atoms with E-state index in [9.17, 15) is 40.2 Å². The van der Waals surface area contributed by atoms with Crippen molar-refractivity contribution in [3.05, 3.63) is 211 Å². The topological polar surface area (TPSA) is 345 Å². The van der Waals surface area contributed by atoms with E-state index in [0.717, 1.165) is 70.7 Å². The molecule has 0 spiro atoms. The number of benzene rings is 4. The molecule has 0 saturated heterocycles. The first kappa shape index (κ1) is 104. The van der Waals surface area contributed by atoms with Crippen LogP contribution in [0.15, 0.2) is 121 Å². The molecule has 0 saturated carbocycles. The van der Waals surface area contributed by atoms with Crippen LogP contribution >= 0.6 is 11.6 Å². The van der Waals surface area contributed by atoms with Crippen LogP contribution in [-0.2, 0) is 107 Å². The molecule has 126 heavy (non-hydrogen) atoms. The smallest absolute Gasteiger partial charge is 0.454 e. The fourth-order valence-corrected chi connectivity index (χ4v) is 12.2. The van der Waals surface area contributed by atoms with Gasteiger partial charge in [-0.3, -0.25) is 18.7 Å². The highest BCUT2D eigenvalue weighted by atomic mass is 35.5. The van der Waals surface area contributed by atoms with Gasteiger partial charge in [0.1, 0.15) is 82.1 Å². The van der Waals surface area contributed by atoms with Gasteiger partial charge in [0.25, 0.3) is 0 Å². The maximum absolute atomic E-state index is 11.9. The maximum Gasteiger partial charge on any atom is 0.511 e. The van der Waals surface area contributed by atoms with Crippen LogP contribution in [0.3, 0.4) is 0 Å². The molecule has 2 atom stereocenters. The van der Waals surface area contributed by atoms with E-state index >= 15 is 0 Å². The standard InChI is InChI=1S/3C25H33N3O4.C22H26ClN3O4/c1-17(2)12-13-30-24(29)32-16-31-23(22-14-18(3)27-28(22)7)21(15-26)19-8-10-20(11-9-19)25(4,5)6;1-8-17(2)15-30-24(29)32-16-31-23(22-13-18(3)27-28(22)7)21(14-26)19-9-11-20(12-10-19)25(4,5)6;1-8-9-18(3)32-24(29)31-16-30-23(22-14-17(2)27-28(22)7)21(15-26)19-10-12-20(13-11-19)25(4,5)6;1-15-12-19(26(5)25-15)20(29-14-30-21(27)28-11-10-23)18(13-24)16-6-8-17(9-7-16)22(2,3)4/h8-11,14,17H,12-13,16H2,1-7H3;9-13,17H,8,15-16H2,1-7H3;10-14,18H,8-9,16H2,1-7H3;6-9,12H,10-11,14H2,1-5H3/b3*23-21-;20-18-. The lowest BCUT2D eigenvalue weighted by Gasteiger charge is -2.19. The number of aryl methyl sites for hydroxylation is 8. The van der Waals surface area contributed by atoms with Crippen molar-refractivity contribution >= 4 is 81.6 Å². The van der Waals surface area contributed by atoms with E-state index in [2.05, 4.69) is 128 Å². The van der Waals surface area contributed by atoms with Crippen LogP contribution in [0.4, 0.5) is 19.2 Å². The fraction of sp³-hybridized carbons (Fsp3) is 0.464. The number of nitriles is 4. The highest BCUT2D eigenvalue weighted by molar-refractivity contribution is 6.18. The summed E-state index contributed by atoms with van der Waals surface area (Å²) >= 11 is 5.48. The van der Waals surface area contributed by atoms with E-state index in [0.29, 0.717) is 73.2 Å². The summed E-state index contributed by atoms with van der Waals surface area (Å²) < 4.78 is 69.9. The van der Waals surface area contributed by atoms with E-state index in [1.54, 1.807) is 53.0 Å². The predicted octanol–water partition coefficient (Wildman–Crippen LogP) is 21.7. The Morgan fingerprint density at radius 1 is 0.373 bits per heavy atom. The van der Waals surface area contributed by atoms with Gasteiger partial charge in [-0.2, -0.15) is 41.4 Å².